The number of sulfonamides is 1. The van der Waals surface area contributed by atoms with E-state index in [4.69, 9.17) is 4.52 Å². The van der Waals surface area contributed by atoms with Crippen LogP contribution in [0.3, 0.4) is 0 Å². The summed E-state index contributed by atoms with van der Waals surface area (Å²) in [7, 11) is -3.61. The molecular formula is C20H21N3O3S. The summed E-state index contributed by atoms with van der Waals surface area (Å²) in [5.74, 6) is 0.649. The van der Waals surface area contributed by atoms with Crippen LogP contribution >= 0.6 is 0 Å². The molecule has 0 amide bonds. The van der Waals surface area contributed by atoms with E-state index in [1.165, 1.54) is 0 Å². The van der Waals surface area contributed by atoms with Gasteiger partial charge in [0.1, 0.15) is 0 Å². The Morgan fingerprint density at radius 2 is 1.52 bits per heavy atom. The van der Waals surface area contributed by atoms with Crippen LogP contribution in [0.15, 0.2) is 64.0 Å². The third-order valence-corrected chi connectivity index (χ3v) is 6.72. The second kappa shape index (κ2) is 7.62. The molecule has 1 fully saturated rings. The minimum atomic E-state index is -3.61. The van der Waals surface area contributed by atoms with Crippen LogP contribution in [0.5, 0.6) is 0 Å². The Kier molecular flexibility index (Phi) is 5.05. The average Bonchev–Trinajstić information content (AvgIpc) is 3.03. The van der Waals surface area contributed by atoms with Gasteiger partial charge in [-0.05, 0) is 25.0 Å². The fraction of sp³-hybridized carbons (Fsp3) is 0.300. The lowest BCUT2D eigenvalue weighted by molar-refractivity contribution is 0.420. The van der Waals surface area contributed by atoms with Gasteiger partial charge in [-0.1, -0.05) is 60.5 Å². The van der Waals surface area contributed by atoms with E-state index in [9.17, 15) is 8.42 Å². The lowest BCUT2D eigenvalue weighted by atomic mass is 10.2. The van der Waals surface area contributed by atoms with E-state index >= 15 is 0 Å². The third kappa shape index (κ3) is 3.65. The monoisotopic (exact) mass is 383 g/mol. The van der Waals surface area contributed by atoms with Gasteiger partial charge in [-0.25, -0.2) is 8.42 Å². The van der Waals surface area contributed by atoms with Crippen molar-refractivity contribution in [2.24, 2.45) is 0 Å². The molecule has 1 aliphatic rings. The van der Waals surface area contributed by atoms with E-state index in [1.807, 2.05) is 30.3 Å². The fourth-order valence-corrected chi connectivity index (χ4v) is 5.03. The van der Waals surface area contributed by atoms with Gasteiger partial charge in [0.25, 0.3) is 5.89 Å². The van der Waals surface area contributed by atoms with Gasteiger partial charge in [0.2, 0.25) is 15.8 Å². The van der Waals surface area contributed by atoms with Crippen LogP contribution in [0, 0.1) is 0 Å². The molecule has 0 N–H and O–H groups in total. The van der Waals surface area contributed by atoms with Gasteiger partial charge in [-0.15, -0.1) is 0 Å². The topological polar surface area (TPSA) is 76.3 Å². The van der Waals surface area contributed by atoms with Gasteiger partial charge < -0.3 is 4.52 Å². The molecule has 2 aromatic carbocycles. The van der Waals surface area contributed by atoms with Gasteiger partial charge in [-0.3, -0.25) is 0 Å². The van der Waals surface area contributed by atoms with Crippen molar-refractivity contribution in [1.29, 1.82) is 0 Å². The molecule has 1 saturated heterocycles. The molecule has 0 atom stereocenters. The van der Waals surface area contributed by atoms with Crippen LogP contribution < -0.4 is 0 Å². The van der Waals surface area contributed by atoms with Crippen molar-refractivity contribution in [2.75, 3.05) is 13.1 Å². The van der Waals surface area contributed by atoms with Crippen molar-refractivity contribution in [3.05, 3.63) is 54.6 Å². The molecule has 0 radical (unpaired) electrons. The summed E-state index contributed by atoms with van der Waals surface area (Å²) in [5, 5.41) is 4.02. The second-order valence-corrected chi connectivity index (χ2v) is 8.51. The fourth-order valence-electron chi connectivity index (χ4n) is 3.33. The highest BCUT2D eigenvalue weighted by Crippen LogP contribution is 2.30. The van der Waals surface area contributed by atoms with Crippen LogP contribution in [0.2, 0.25) is 0 Å². The molecule has 4 rings (SSSR count). The molecule has 27 heavy (non-hydrogen) atoms. The van der Waals surface area contributed by atoms with E-state index in [0.29, 0.717) is 24.5 Å². The van der Waals surface area contributed by atoms with Gasteiger partial charge >= 0.3 is 0 Å². The minimum Gasteiger partial charge on any atom is -0.334 e. The first-order valence-corrected chi connectivity index (χ1v) is 10.6. The van der Waals surface area contributed by atoms with Gasteiger partial charge in [0.15, 0.2) is 0 Å². The second-order valence-electron chi connectivity index (χ2n) is 6.60. The molecule has 140 valence electrons. The predicted octanol–water partition coefficient (Wildman–Crippen LogP) is 3.97. The SMILES string of the molecule is O=S(=O)(c1ccccc1-c1nc(-c2ccccc2)no1)N1CCCCCC1. The maximum atomic E-state index is 13.2. The van der Waals surface area contributed by atoms with E-state index in [1.54, 1.807) is 28.6 Å². The molecule has 0 bridgehead atoms. The first-order valence-electron chi connectivity index (χ1n) is 9.15. The Hall–Kier alpha value is -2.51. The predicted molar refractivity (Wildman–Crippen MR) is 102 cm³/mol. The summed E-state index contributed by atoms with van der Waals surface area (Å²) in [6, 6.07) is 16.3. The highest BCUT2D eigenvalue weighted by molar-refractivity contribution is 7.89. The minimum absolute atomic E-state index is 0.211. The standard InChI is InChI=1S/C20H21N3O3S/c24-27(25,23-14-8-1-2-9-15-23)18-13-7-6-12-17(18)20-21-19(22-26-20)16-10-4-3-5-11-16/h3-7,10-13H,1-2,8-9,14-15H2. The molecule has 0 saturated carbocycles. The van der Waals surface area contributed by atoms with Gasteiger partial charge in [-0.2, -0.15) is 9.29 Å². The first kappa shape index (κ1) is 17.9. The zero-order chi connectivity index (χ0) is 18.7. The molecule has 3 aromatic rings. The van der Waals surface area contributed by atoms with E-state index in [-0.39, 0.29) is 10.8 Å². The summed E-state index contributed by atoms with van der Waals surface area (Å²) < 4.78 is 33.5. The number of rotatable bonds is 4. The molecule has 7 heteroatoms. The quantitative estimate of drug-likeness (QED) is 0.681. The summed E-state index contributed by atoms with van der Waals surface area (Å²) in [6.45, 7) is 1.10. The van der Waals surface area contributed by atoms with Crippen LogP contribution in [-0.2, 0) is 10.0 Å². The Morgan fingerprint density at radius 3 is 2.26 bits per heavy atom. The maximum absolute atomic E-state index is 13.2. The Labute approximate surface area is 158 Å². The maximum Gasteiger partial charge on any atom is 0.259 e. The highest BCUT2D eigenvalue weighted by Gasteiger charge is 2.29. The summed E-state index contributed by atoms with van der Waals surface area (Å²) in [5.41, 5.74) is 1.26. The Balaban J connectivity index is 1.73. The Morgan fingerprint density at radius 1 is 0.852 bits per heavy atom. The number of aromatic nitrogens is 2. The number of benzene rings is 2. The number of nitrogens with zero attached hydrogens (tertiary/aromatic N) is 3. The summed E-state index contributed by atoms with van der Waals surface area (Å²) in [4.78, 5) is 4.65. The van der Waals surface area contributed by atoms with Crippen LogP contribution in [0.4, 0.5) is 0 Å². The first-order chi connectivity index (χ1) is 13.2. The van der Waals surface area contributed by atoms with E-state index in [2.05, 4.69) is 10.1 Å². The molecule has 2 heterocycles. The van der Waals surface area contributed by atoms with Crippen molar-refractivity contribution in [2.45, 2.75) is 30.6 Å². The van der Waals surface area contributed by atoms with Crippen molar-refractivity contribution >= 4 is 10.0 Å². The van der Waals surface area contributed by atoms with Crippen molar-refractivity contribution in [3.8, 4) is 22.8 Å². The average molecular weight is 383 g/mol. The van der Waals surface area contributed by atoms with E-state index in [0.717, 1.165) is 31.2 Å². The molecule has 6 nitrogen and oxygen atoms in total. The van der Waals surface area contributed by atoms with Crippen LogP contribution in [0.1, 0.15) is 25.7 Å². The lowest BCUT2D eigenvalue weighted by Gasteiger charge is -2.20. The molecule has 1 aliphatic heterocycles. The van der Waals surface area contributed by atoms with Crippen molar-refractivity contribution in [1.82, 2.24) is 14.4 Å². The lowest BCUT2D eigenvalue weighted by Crippen LogP contribution is -2.32. The molecule has 0 unspecified atom stereocenters. The highest BCUT2D eigenvalue weighted by atomic mass is 32.2. The molecule has 1 aromatic heterocycles. The number of hydrogen-bond donors (Lipinski definition) is 0. The molecular weight excluding hydrogens is 362 g/mol. The van der Waals surface area contributed by atoms with Crippen LogP contribution in [-0.4, -0.2) is 36.0 Å². The summed E-state index contributed by atoms with van der Waals surface area (Å²) in [6.07, 6.45) is 3.91. The van der Waals surface area contributed by atoms with Crippen LogP contribution in [0.25, 0.3) is 22.8 Å². The largest absolute Gasteiger partial charge is 0.334 e. The normalized spacial score (nSPS) is 16.1. The third-order valence-electron chi connectivity index (χ3n) is 4.76. The van der Waals surface area contributed by atoms with Crippen molar-refractivity contribution < 1.29 is 12.9 Å². The Bertz CT molecular complexity index is 1010. The van der Waals surface area contributed by atoms with Gasteiger partial charge in [0, 0.05) is 18.7 Å². The van der Waals surface area contributed by atoms with E-state index < -0.39 is 10.0 Å². The smallest absolute Gasteiger partial charge is 0.259 e. The zero-order valence-corrected chi connectivity index (χ0v) is 15.7. The summed E-state index contributed by atoms with van der Waals surface area (Å²) >= 11 is 0. The zero-order valence-electron chi connectivity index (χ0n) is 14.9. The molecule has 0 aliphatic carbocycles. The van der Waals surface area contributed by atoms with Gasteiger partial charge in [0.05, 0.1) is 10.5 Å². The molecule has 0 spiro atoms. The van der Waals surface area contributed by atoms with Crippen molar-refractivity contribution in [3.63, 3.8) is 0 Å². The number of hydrogen-bond acceptors (Lipinski definition) is 5.